The van der Waals surface area contributed by atoms with Crippen LogP contribution in [-0.2, 0) is 6.42 Å². The maximum Gasteiger partial charge on any atom is -0.0279 e. The molecule has 0 aliphatic rings. The first kappa shape index (κ1) is 12.0. The molecular formula is C15H22. The van der Waals surface area contributed by atoms with Crippen molar-refractivity contribution in [2.24, 2.45) is 0 Å². The summed E-state index contributed by atoms with van der Waals surface area (Å²) >= 11 is 0. The molecule has 0 radical (unpaired) electrons. The van der Waals surface area contributed by atoms with Gasteiger partial charge in [-0.25, -0.2) is 0 Å². The number of hydrogen-bond acceptors (Lipinski definition) is 0. The van der Waals surface area contributed by atoms with Crippen LogP contribution >= 0.6 is 0 Å². The third-order valence-electron chi connectivity index (χ3n) is 2.66. The number of allylic oxidation sites excluding steroid dienone is 1. The van der Waals surface area contributed by atoms with E-state index >= 15 is 0 Å². The molecule has 0 aliphatic carbocycles. The van der Waals surface area contributed by atoms with Crippen LogP contribution in [0.3, 0.4) is 0 Å². The second-order valence-corrected chi connectivity index (χ2v) is 4.36. The van der Waals surface area contributed by atoms with Gasteiger partial charge in [-0.2, -0.15) is 0 Å². The molecule has 0 bridgehead atoms. The lowest BCUT2D eigenvalue weighted by Gasteiger charge is -2.02. The molecule has 1 aromatic rings. The van der Waals surface area contributed by atoms with Crippen LogP contribution in [0.2, 0.25) is 0 Å². The summed E-state index contributed by atoms with van der Waals surface area (Å²) in [4.78, 5) is 0. The van der Waals surface area contributed by atoms with Crippen LogP contribution in [0.1, 0.15) is 44.6 Å². The molecule has 0 unspecified atom stereocenters. The molecule has 0 nitrogen and oxygen atoms in total. The van der Waals surface area contributed by atoms with Gasteiger partial charge in [0.1, 0.15) is 0 Å². The minimum Gasteiger partial charge on any atom is -0.100 e. The van der Waals surface area contributed by atoms with E-state index in [2.05, 4.69) is 43.8 Å². The first-order valence-electron chi connectivity index (χ1n) is 5.97. The quantitative estimate of drug-likeness (QED) is 0.442. The molecule has 1 aromatic carbocycles. The molecule has 0 saturated heterocycles. The molecule has 0 atom stereocenters. The van der Waals surface area contributed by atoms with Gasteiger partial charge in [0.15, 0.2) is 0 Å². The largest absolute Gasteiger partial charge is 0.100 e. The van der Waals surface area contributed by atoms with Gasteiger partial charge in [0, 0.05) is 0 Å². The molecule has 0 N–H and O–H groups in total. The number of aryl methyl sites for hydroxylation is 1. The number of benzene rings is 1. The Balaban J connectivity index is 2.00. The Bertz CT molecular complexity index is 271. The van der Waals surface area contributed by atoms with Gasteiger partial charge in [-0.1, -0.05) is 48.7 Å². The van der Waals surface area contributed by atoms with E-state index in [9.17, 15) is 0 Å². The van der Waals surface area contributed by atoms with Crippen LogP contribution in [0, 0.1) is 0 Å². The van der Waals surface area contributed by atoms with E-state index in [1.165, 1.54) is 49.7 Å². The molecule has 0 amide bonds. The summed E-state index contributed by atoms with van der Waals surface area (Å²) < 4.78 is 0. The Morgan fingerprint density at radius 1 is 1.00 bits per heavy atom. The summed E-state index contributed by atoms with van der Waals surface area (Å²) in [5, 5.41) is 0. The average Bonchev–Trinajstić information content (AvgIpc) is 2.24. The first-order chi connectivity index (χ1) is 7.29. The van der Waals surface area contributed by atoms with Crippen molar-refractivity contribution in [2.45, 2.75) is 45.4 Å². The van der Waals surface area contributed by atoms with Gasteiger partial charge in [0.2, 0.25) is 0 Å². The zero-order valence-electron chi connectivity index (χ0n) is 9.84. The van der Waals surface area contributed by atoms with Gasteiger partial charge in [-0.05, 0) is 38.2 Å². The van der Waals surface area contributed by atoms with Crippen molar-refractivity contribution < 1.29 is 0 Å². The Morgan fingerprint density at radius 3 is 2.33 bits per heavy atom. The van der Waals surface area contributed by atoms with Crippen LogP contribution in [0.25, 0.3) is 0 Å². The van der Waals surface area contributed by atoms with E-state index in [4.69, 9.17) is 0 Å². The number of hydrogen-bond donors (Lipinski definition) is 0. The summed E-state index contributed by atoms with van der Waals surface area (Å²) in [5.74, 6) is 0. The number of unbranched alkanes of at least 4 members (excludes halogenated alkanes) is 3. The maximum absolute atomic E-state index is 3.92. The van der Waals surface area contributed by atoms with Gasteiger partial charge in [-0.3, -0.25) is 0 Å². The molecular weight excluding hydrogens is 180 g/mol. The van der Waals surface area contributed by atoms with Crippen molar-refractivity contribution in [3.05, 3.63) is 48.0 Å². The summed E-state index contributed by atoms with van der Waals surface area (Å²) in [5.41, 5.74) is 2.79. The van der Waals surface area contributed by atoms with Crippen molar-refractivity contribution in [3.63, 3.8) is 0 Å². The highest BCUT2D eigenvalue weighted by molar-refractivity contribution is 5.14. The molecule has 0 aliphatic heterocycles. The van der Waals surface area contributed by atoms with Crippen LogP contribution in [-0.4, -0.2) is 0 Å². The van der Waals surface area contributed by atoms with Crippen molar-refractivity contribution in [1.29, 1.82) is 0 Å². The average molecular weight is 202 g/mol. The van der Waals surface area contributed by atoms with Crippen molar-refractivity contribution in [3.8, 4) is 0 Å². The first-order valence-corrected chi connectivity index (χ1v) is 5.97. The lowest BCUT2D eigenvalue weighted by Crippen LogP contribution is -1.85. The minimum atomic E-state index is 1.20. The normalized spacial score (nSPS) is 10.2. The molecule has 0 saturated carbocycles. The van der Waals surface area contributed by atoms with Gasteiger partial charge >= 0.3 is 0 Å². The highest BCUT2D eigenvalue weighted by Crippen LogP contribution is 2.10. The Labute approximate surface area is 94.0 Å². The van der Waals surface area contributed by atoms with Crippen LogP contribution in [0.15, 0.2) is 42.5 Å². The second kappa shape index (κ2) is 7.28. The van der Waals surface area contributed by atoms with E-state index in [-0.39, 0.29) is 0 Å². The van der Waals surface area contributed by atoms with E-state index in [0.717, 1.165) is 0 Å². The molecule has 82 valence electrons. The molecule has 0 spiro atoms. The fourth-order valence-electron chi connectivity index (χ4n) is 1.75. The lowest BCUT2D eigenvalue weighted by molar-refractivity contribution is 0.639. The third-order valence-corrected chi connectivity index (χ3v) is 2.66. The van der Waals surface area contributed by atoms with Crippen molar-refractivity contribution >= 4 is 0 Å². The van der Waals surface area contributed by atoms with Crippen LogP contribution in [0.5, 0.6) is 0 Å². The van der Waals surface area contributed by atoms with Crippen molar-refractivity contribution in [2.75, 3.05) is 0 Å². The maximum atomic E-state index is 3.92. The zero-order valence-corrected chi connectivity index (χ0v) is 9.84. The second-order valence-electron chi connectivity index (χ2n) is 4.36. The Morgan fingerprint density at radius 2 is 1.67 bits per heavy atom. The fraction of sp³-hybridized carbons (Fsp3) is 0.467. The van der Waals surface area contributed by atoms with Gasteiger partial charge in [-0.15, -0.1) is 6.58 Å². The van der Waals surface area contributed by atoms with E-state index in [0.29, 0.717) is 0 Å². The monoisotopic (exact) mass is 202 g/mol. The van der Waals surface area contributed by atoms with Gasteiger partial charge in [0.25, 0.3) is 0 Å². The molecule has 0 aromatic heterocycles. The minimum absolute atomic E-state index is 1.20. The third kappa shape index (κ3) is 6.11. The standard InChI is InChI=1S/C15H22/c1-14(2)10-6-3-4-7-11-15-12-8-5-9-13-15/h5,8-9,12-13H,1,3-4,6-7,10-11H2,2H3. The molecule has 0 heteroatoms. The highest BCUT2D eigenvalue weighted by Gasteiger charge is 1.93. The molecule has 1 rings (SSSR count). The van der Waals surface area contributed by atoms with E-state index in [1.54, 1.807) is 0 Å². The predicted octanol–water partition coefficient (Wildman–Crippen LogP) is 4.76. The summed E-state index contributed by atoms with van der Waals surface area (Å²) in [6.45, 7) is 6.04. The van der Waals surface area contributed by atoms with Crippen LogP contribution in [0.4, 0.5) is 0 Å². The van der Waals surface area contributed by atoms with Crippen molar-refractivity contribution in [1.82, 2.24) is 0 Å². The predicted molar refractivity (Wildman–Crippen MR) is 68.0 cm³/mol. The summed E-state index contributed by atoms with van der Waals surface area (Å²) in [6.07, 6.45) is 7.76. The fourth-order valence-corrected chi connectivity index (χ4v) is 1.75. The molecule has 15 heavy (non-hydrogen) atoms. The van der Waals surface area contributed by atoms with E-state index in [1.807, 2.05) is 0 Å². The smallest absolute Gasteiger partial charge is 0.0279 e. The Kier molecular flexibility index (Phi) is 5.84. The summed E-state index contributed by atoms with van der Waals surface area (Å²) in [7, 11) is 0. The summed E-state index contributed by atoms with van der Waals surface area (Å²) in [6, 6.07) is 10.8. The SMILES string of the molecule is C=C(C)CCCCCCc1ccccc1. The molecule has 0 fully saturated rings. The van der Waals surface area contributed by atoms with Gasteiger partial charge < -0.3 is 0 Å². The highest BCUT2D eigenvalue weighted by atomic mass is 14.0. The van der Waals surface area contributed by atoms with E-state index < -0.39 is 0 Å². The van der Waals surface area contributed by atoms with Gasteiger partial charge in [0.05, 0.1) is 0 Å². The topological polar surface area (TPSA) is 0 Å². The van der Waals surface area contributed by atoms with Crippen LogP contribution < -0.4 is 0 Å². The Hall–Kier alpha value is -1.04. The zero-order chi connectivity index (χ0) is 10.9. The molecule has 0 heterocycles. The lowest BCUT2D eigenvalue weighted by atomic mass is 10.0. The number of rotatable bonds is 7.